The zero-order chi connectivity index (χ0) is 21.6. The summed E-state index contributed by atoms with van der Waals surface area (Å²) in [6.45, 7) is 0. The van der Waals surface area contributed by atoms with Crippen LogP contribution in [0.3, 0.4) is 0 Å². The number of ketones is 1. The van der Waals surface area contributed by atoms with Crippen molar-refractivity contribution in [3.63, 3.8) is 0 Å². The Morgan fingerprint density at radius 1 is 1.10 bits per heavy atom. The molecule has 3 aromatic rings. The standard InChI is InChI=1S/C10H12N2O3.C8H7NO4S/c11-7-4-2-1-3-6(7)9(13)5-8(12)10(14)15;10-14(11,12)13-8-5-9-7-4-2-1-3-6(7)8/h1-4,8H,5,11-12H2,(H,14,15);1-5,9H,(H,10,11,12)/t8-;/m0./s1. The number of Topliss-reactive ketones (excluding diaryl/α,β-unsaturated/α-hetero) is 1. The van der Waals surface area contributed by atoms with Crippen LogP contribution >= 0.6 is 0 Å². The van der Waals surface area contributed by atoms with Gasteiger partial charge >= 0.3 is 16.4 Å². The van der Waals surface area contributed by atoms with Crippen molar-refractivity contribution in [3.05, 3.63) is 60.3 Å². The summed E-state index contributed by atoms with van der Waals surface area (Å²) in [5, 5.41) is 9.14. The van der Waals surface area contributed by atoms with Crippen molar-refractivity contribution in [3.8, 4) is 5.75 Å². The molecule has 29 heavy (non-hydrogen) atoms. The van der Waals surface area contributed by atoms with Crippen LogP contribution in [0.15, 0.2) is 54.7 Å². The van der Waals surface area contributed by atoms with Gasteiger partial charge in [0.2, 0.25) is 0 Å². The topological polar surface area (TPSA) is 186 Å². The quantitative estimate of drug-likeness (QED) is 0.224. The predicted molar refractivity (Wildman–Crippen MR) is 106 cm³/mol. The third-order valence-corrected chi connectivity index (χ3v) is 4.12. The molecule has 0 spiro atoms. The Hall–Kier alpha value is -3.41. The molecule has 0 aliphatic rings. The zero-order valence-corrected chi connectivity index (χ0v) is 15.8. The van der Waals surface area contributed by atoms with Gasteiger partial charge in [0.1, 0.15) is 6.04 Å². The Kier molecular flexibility index (Phi) is 6.93. The normalized spacial score (nSPS) is 11.9. The maximum atomic E-state index is 11.6. The van der Waals surface area contributed by atoms with Gasteiger partial charge in [0.15, 0.2) is 11.5 Å². The molecule has 154 valence electrons. The summed E-state index contributed by atoms with van der Waals surface area (Å²) in [4.78, 5) is 24.8. The zero-order valence-electron chi connectivity index (χ0n) is 15.0. The van der Waals surface area contributed by atoms with Crippen LogP contribution in [0, 0.1) is 0 Å². The second-order valence-corrected chi connectivity index (χ2v) is 6.89. The lowest BCUT2D eigenvalue weighted by atomic mass is 10.0. The number of carboxylic acid groups (broad SMARTS) is 1. The molecule has 0 amide bonds. The number of carbonyl (C=O) groups excluding carboxylic acids is 1. The van der Waals surface area contributed by atoms with Gasteiger partial charge in [-0.2, -0.15) is 8.42 Å². The first-order chi connectivity index (χ1) is 13.6. The highest BCUT2D eigenvalue weighted by Crippen LogP contribution is 2.25. The van der Waals surface area contributed by atoms with Gasteiger partial charge in [-0.15, -0.1) is 0 Å². The van der Waals surface area contributed by atoms with Crippen molar-refractivity contribution in [2.45, 2.75) is 12.5 Å². The van der Waals surface area contributed by atoms with Crippen LogP contribution in [0.1, 0.15) is 16.8 Å². The van der Waals surface area contributed by atoms with Gasteiger partial charge in [-0.25, -0.2) is 0 Å². The molecule has 0 aliphatic heterocycles. The molecule has 0 bridgehead atoms. The Balaban J connectivity index is 0.000000207. The van der Waals surface area contributed by atoms with Gasteiger partial charge in [-0.05, 0) is 24.3 Å². The minimum Gasteiger partial charge on any atom is -0.480 e. The third kappa shape index (κ3) is 6.31. The summed E-state index contributed by atoms with van der Waals surface area (Å²) in [7, 11) is -4.46. The molecule has 0 saturated carbocycles. The molecule has 1 heterocycles. The van der Waals surface area contributed by atoms with E-state index in [2.05, 4.69) is 9.17 Å². The van der Waals surface area contributed by atoms with Gasteiger partial charge in [0.05, 0.1) is 0 Å². The molecule has 1 aromatic heterocycles. The first-order valence-corrected chi connectivity index (χ1v) is 9.54. The molecular weight excluding hydrogens is 402 g/mol. The number of para-hydroxylation sites is 2. The Bertz CT molecular complexity index is 1130. The van der Waals surface area contributed by atoms with Crippen molar-refractivity contribution >= 4 is 38.7 Å². The molecular formula is C18H19N3O7S. The van der Waals surface area contributed by atoms with Crippen molar-refractivity contribution in [2.75, 3.05) is 5.73 Å². The fourth-order valence-electron chi connectivity index (χ4n) is 2.38. The van der Waals surface area contributed by atoms with E-state index in [4.69, 9.17) is 21.1 Å². The lowest BCUT2D eigenvalue weighted by Gasteiger charge is -2.07. The average Bonchev–Trinajstić information content (AvgIpc) is 3.04. The van der Waals surface area contributed by atoms with Crippen LogP contribution in [-0.4, -0.2) is 40.9 Å². The Morgan fingerprint density at radius 3 is 2.34 bits per heavy atom. The highest BCUT2D eigenvalue weighted by molar-refractivity contribution is 7.81. The van der Waals surface area contributed by atoms with E-state index >= 15 is 0 Å². The molecule has 1 atom stereocenters. The number of nitrogens with two attached hydrogens (primary N) is 2. The number of nitrogen functional groups attached to an aromatic ring is 1. The number of aromatic amines is 1. The second-order valence-electron chi connectivity index (χ2n) is 5.87. The number of anilines is 1. The number of rotatable bonds is 6. The van der Waals surface area contributed by atoms with Crippen LogP contribution in [0.5, 0.6) is 5.75 Å². The largest absolute Gasteiger partial charge is 0.480 e. The van der Waals surface area contributed by atoms with Crippen molar-refractivity contribution in [1.82, 2.24) is 4.98 Å². The molecule has 0 radical (unpaired) electrons. The number of carboxylic acids is 1. The number of carbonyl (C=O) groups is 2. The highest BCUT2D eigenvalue weighted by atomic mass is 32.3. The highest BCUT2D eigenvalue weighted by Gasteiger charge is 2.18. The fraction of sp³-hybridized carbons (Fsp3) is 0.111. The molecule has 0 saturated heterocycles. The van der Waals surface area contributed by atoms with Crippen LogP contribution in [-0.2, 0) is 15.2 Å². The smallest absolute Gasteiger partial charge is 0.446 e. The number of fused-ring (bicyclic) bond motifs is 1. The lowest BCUT2D eigenvalue weighted by Crippen LogP contribution is -2.32. The first kappa shape index (κ1) is 21.9. The Morgan fingerprint density at radius 2 is 1.72 bits per heavy atom. The molecule has 2 aromatic carbocycles. The SMILES string of the molecule is Nc1ccccc1C(=O)C[C@H](N)C(=O)O.O=S(=O)(O)Oc1c[nH]c2ccccc12. The maximum absolute atomic E-state index is 11.6. The van der Waals surface area contributed by atoms with Crippen LogP contribution < -0.4 is 15.7 Å². The van der Waals surface area contributed by atoms with Crippen molar-refractivity contribution in [2.24, 2.45) is 5.73 Å². The van der Waals surface area contributed by atoms with E-state index in [-0.39, 0.29) is 18.0 Å². The summed E-state index contributed by atoms with van der Waals surface area (Å²) < 4.78 is 33.8. The number of aliphatic carboxylic acids is 1. The summed E-state index contributed by atoms with van der Waals surface area (Å²) in [5.74, 6) is -1.47. The summed E-state index contributed by atoms with van der Waals surface area (Å²) in [5.41, 5.74) is 12.2. The monoisotopic (exact) mass is 421 g/mol. The van der Waals surface area contributed by atoms with Crippen molar-refractivity contribution < 1.29 is 31.8 Å². The average molecular weight is 421 g/mol. The maximum Gasteiger partial charge on any atom is 0.446 e. The molecule has 10 nitrogen and oxygen atoms in total. The van der Waals surface area contributed by atoms with Gasteiger partial charge in [0, 0.05) is 34.8 Å². The molecule has 0 unspecified atom stereocenters. The van der Waals surface area contributed by atoms with Gasteiger partial charge < -0.3 is 25.7 Å². The van der Waals surface area contributed by atoms with E-state index in [9.17, 15) is 18.0 Å². The third-order valence-electron chi connectivity index (χ3n) is 3.73. The molecule has 0 aliphatic carbocycles. The van der Waals surface area contributed by atoms with Gasteiger partial charge in [0.25, 0.3) is 0 Å². The number of aromatic nitrogens is 1. The fourth-order valence-corrected chi connectivity index (χ4v) is 2.74. The van der Waals surface area contributed by atoms with E-state index in [0.29, 0.717) is 16.6 Å². The number of benzene rings is 2. The number of nitrogens with one attached hydrogen (secondary N) is 1. The predicted octanol–water partition coefficient (Wildman–Crippen LogP) is 1.60. The van der Waals surface area contributed by atoms with E-state index < -0.39 is 22.4 Å². The number of hydrogen-bond acceptors (Lipinski definition) is 7. The summed E-state index contributed by atoms with van der Waals surface area (Å²) in [6.07, 6.45) is 1.13. The van der Waals surface area contributed by atoms with Crippen LogP contribution in [0.4, 0.5) is 5.69 Å². The van der Waals surface area contributed by atoms with Gasteiger partial charge in [-0.1, -0.05) is 24.3 Å². The molecule has 3 rings (SSSR count). The van der Waals surface area contributed by atoms with Crippen LogP contribution in [0.2, 0.25) is 0 Å². The molecule has 7 N–H and O–H groups in total. The van der Waals surface area contributed by atoms with E-state index in [0.717, 1.165) is 5.52 Å². The number of hydrogen-bond donors (Lipinski definition) is 5. The second kappa shape index (κ2) is 9.19. The van der Waals surface area contributed by atoms with E-state index in [1.807, 2.05) is 0 Å². The molecule has 0 fully saturated rings. The lowest BCUT2D eigenvalue weighted by molar-refractivity contribution is -0.138. The minimum atomic E-state index is -4.46. The van der Waals surface area contributed by atoms with Crippen LogP contribution in [0.25, 0.3) is 10.9 Å². The van der Waals surface area contributed by atoms with E-state index in [1.165, 1.54) is 6.20 Å². The van der Waals surface area contributed by atoms with Gasteiger partial charge in [-0.3, -0.25) is 14.1 Å². The number of H-pyrrole nitrogens is 1. The summed E-state index contributed by atoms with van der Waals surface area (Å²) in [6, 6.07) is 12.3. The minimum absolute atomic E-state index is 0.0862. The van der Waals surface area contributed by atoms with Crippen molar-refractivity contribution in [1.29, 1.82) is 0 Å². The van der Waals surface area contributed by atoms with E-state index in [1.54, 1.807) is 48.5 Å². The Labute approximate surface area is 166 Å². The molecule has 11 heteroatoms. The summed E-state index contributed by atoms with van der Waals surface area (Å²) >= 11 is 0. The first-order valence-electron chi connectivity index (χ1n) is 8.17.